The summed E-state index contributed by atoms with van der Waals surface area (Å²) in [7, 11) is 1.81. The lowest BCUT2D eigenvalue weighted by molar-refractivity contribution is 0.779. The van der Waals surface area contributed by atoms with E-state index in [1.807, 2.05) is 26.1 Å². The van der Waals surface area contributed by atoms with Crippen molar-refractivity contribution in [2.24, 2.45) is 7.05 Å². The van der Waals surface area contributed by atoms with Crippen molar-refractivity contribution in [3.05, 3.63) is 33.4 Å². The van der Waals surface area contributed by atoms with E-state index >= 15 is 0 Å². The first-order valence-electron chi connectivity index (χ1n) is 4.74. The van der Waals surface area contributed by atoms with E-state index in [-0.39, 0.29) is 0 Å². The molecular weight excluding hydrogens is 289 g/mol. The lowest BCUT2D eigenvalue weighted by Crippen LogP contribution is -1.98. The summed E-state index contributed by atoms with van der Waals surface area (Å²) in [6.07, 6.45) is 1.75. The van der Waals surface area contributed by atoms with Crippen LogP contribution in [0.5, 0.6) is 0 Å². The maximum absolute atomic E-state index is 6.13. The normalized spacial score (nSPS) is 10.8. The fourth-order valence-electron chi connectivity index (χ4n) is 1.58. The minimum absolute atomic E-state index is 0.636. The Kier molecular flexibility index (Phi) is 2.95. The Labute approximate surface area is 107 Å². The number of rotatable bonds is 1. The summed E-state index contributed by atoms with van der Waals surface area (Å²) in [5.74, 6) is 0.636. The van der Waals surface area contributed by atoms with Gasteiger partial charge in [-0.2, -0.15) is 5.10 Å². The average molecular weight is 301 g/mol. The standard InChI is InChI=1S/C11H11BrClN3/c1-6-8(3-7(12)4-10(6)13)9-5-15-16(2)11(9)14/h3-5H,14H2,1-2H3. The van der Waals surface area contributed by atoms with Crippen LogP contribution < -0.4 is 5.73 Å². The van der Waals surface area contributed by atoms with Crippen LogP contribution in [0.3, 0.4) is 0 Å². The Bertz CT molecular complexity index is 548. The number of nitrogens with two attached hydrogens (primary N) is 1. The van der Waals surface area contributed by atoms with Crippen LogP contribution in [0, 0.1) is 6.92 Å². The van der Waals surface area contributed by atoms with Crippen LogP contribution >= 0.6 is 27.5 Å². The van der Waals surface area contributed by atoms with Gasteiger partial charge in [0.1, 0.15) is 5.82 Å². The SMILES string of the molecule is Cc1c(Cl)cc(Br)cc1-c1cnn(C)c1N. The number of aryl methyl sites for hydroxylation is 1. The highest BCUT2D eigenvalue weighted by atomic mass is 79.9. The lowest BCUT2D eigenvalue weighted by Gasteiger charge is -2.08. The summed E-state index contributed by atoms with van der Waals surface area (Å²) in [5, 5.41) is 4.84. The highest BCUT2D eigenvalue weighted by Crippen LogP contribution is 2.34. The van der Waals surface area contributed by atoms with E-state index in [1.54, 1.807) is 10.9 Å². The molecule has 3 nitrogen and oxygen atoms in total. The topological polar surface area (TPSA) is 43.8 Å². The number of nitrogens with zero attached hydrogens (tertiary/aromatic N) is 2. The van der Waals surface area contributed by atoms with Crippen molar-refractivity contribution in [1.82, 2.24) is 9.78 Å². The van der Waals surface area contributed by atoms with Crippen molar-refractivity contribution >= 4 is 33.3 Å². The van der Waals surface area contributed by atoms with E-state index in [0.717, 1.165) is 21.2 Å². The van der Waals surface area contributed by atoms with Gasteiger partial charge in [-0.05, 0) is 30.2 Å². The van der Waals surface area contributed by atoms with Crippen LogP contribution in [0.15, 0.2) is 22.8 Å². The number of aromatic nitrogens is 2. The van der Waals surface area contributed by atoms with Gasteiger partial charge in [0, 0.05) is 22.1 Å². The molecule has 2 N–H and O–H groups in total. The van der Waals surface area contributed by atoms with Crippen molar-refractivity contribution in [1.29, 1.82) is 0 Å². The Hall–Kier alpha value is -1.00. The quantitative estimate of drug-likeness (QED) is 0.877. The number of nitrogen functional groups attached to an aromatic ring is 1. The van der Waals surface area contributed by atoms with Gasteiger partial charge in [0.2, 0.25) is 0 Å². The molecule has 0 unspecified atom stereocenters. The molecular formula is C11H11BrClN3. The first kappa shape index (κ1) is 11.5. The maximum Gasteiger partial charge on any atom is 0.129 e. The van der Waals surface area contributed by atoms with Gasteiger partial charge in [0.05, 0.1) is 6.20 Å². The van der Waals surface area contributed by atoms with Gasteiger partial charge in [-0.1, -0.05) is 27.5 Å². The second-order valence-electron chi connectivity index (χ2n) is 3.63. The average Bonchev–Trinajstić information content (AvgIpc) is 2.54. The predicted octanol–water partition coefficient (Wildman–Crippen LogP) is 3.39. The summed E-state index contributed by atoms with van der Waals surface area (Å²) in [5.41, 5.74) is 8.86. The summed E-state index contributed by atoms with van der Waals surface area (Å²) < 4.78 is 2.57. The van der Waals surface area contributed by atoms with Gasteiger partial charge in [-0.3, -0.25) is 4.68 Å². The number of hydrogen-bond acceptors (Lipinski definition) is 2. The van der Waals surface area contributed by atoms with Gasteiger partial charge < -0.3 is 5.73 Å². The number of anilines is 1. The molecule has 0 saturated heterocycles. The fourth-order valence-corrected chi connectivity index (χ4v) is 2.39. The summed E-state index contributed by atoms with van der Waals surface area (Å²) in [6.45, 7) is 1.97. The van der Waals surface area contributed by atoms with Gasteiger partial charge >= 0.3 is 0 Å². The van der Waals surface area contributed by atoms with E-state index in [9.17, 15) is 0 Å². The van der Waals surface area contributed by atoms with Gasteiger partial charge in [0.15, 0.2) is 0 Å². The molecule has 0 spiro atoms. The zero-order chi connectivity index (χ0) is 11.9. The molecule has 84 valence electrons. The monoisotopic (exact) mass is 299 g/mol. The molecule has 5 heteroatoms. The zero-order valence-electron chi connectivity index (χ0n) is 8.96. The van der Waals surface area contributed by atoms with Crippen LogP contribution in [0.1, 0.15) is 5.56 Å². The van der Waals surface area contributed by atoms with E-state index in [2.05, 4.69) is 21.0 Å². The van der Waals surface area contributed by atoms with E-state index in [0.29, 0.717) is 10.8 Å². The maximum atomic E-state index is 6.13. The first-order chi connectivity index (χ1) is 7.50. The van der Waals surface area contributed by atoms with Gasteiger partial charge in [0.25, 0.3) is 0 Å². The molecule has 1 heterocycles. The minimum atomic E-state index is 0.636. The molecule has 0 fully saturated rings. The van der Waals surface area contributed by atoms with Crippen LogP contribution in [0.2, 0.25) is 5.02 Å². The van der Waals surface area contributed by atoms with E-state index < -0.39 is 0 Å². The highest BCUT2D eigenvalue weighted by molar-refractivity contribution is 9.10. The number of benzene rings is 1. The first-order valence-corrected chi connectivity index (χ1v) is 5.91. The second-order valence-corrected chi connectivity index (χ2v) is 4.95. The highest BCUT2D eigenvalue weighted by Gasteiger charge is 2.12. The third-order valence-corrected chi connectivity index (χ3v) is 3.43. The Morgan fingerprint density at radius 3 is 2.62 bits per heavy atom. The Morgan fingerprint density at radius 1 is 1.38 bits per heavy atom. The Morgan fingerprint density at radius 2 is 2.06 bits per heavy atom. The third-order valence-electron chi connectivity index (χ3n) is 2.58. The van der Waals surface area contributed by atoms with Crippen LogP contribution in [-0.4, -0.2) is 9.78 Å². The van der Waals surface area contributed by atoms with Crippen molar-refractivity contribution in [3.8, 4) is 11.1 Å². The summed E-state index contributed by atoms with van der Waals surface area (Å²) in [6, 6.07) is 3.86. The molecule has 2 aromatic rings. The van der Waals surface area contributed by atoms with Crippen molar-refractivity contribution in [2.45, 2.75) is 6.92 Å². The van der Waals surface area contributed by atoms with Crippen LogP contribution in [-0.2, 0) is 7.05 Å². The number of halogens is 2. The smallest absolute Gasteiger partial charge is 0.129 e. The molecule has 0 aliphatic rings. The summed E-state index contributed by atoms with van der Waals surface area (Å²) in [4.78, 5) is 0. The predicted molar refractivity (Wildman–Crippen MR) is 70.5 cm³/mol. The molecule has 0 bridgehead atoms. The fraction of sp³-hybridized carbons (Fsp3) is 0.182. The molecule has 1 aromatic heterocycles. The molecule has 0 aliphatic heterocycles. The molecule has 0 amide bonds. The van der Waals surface area contributed by atoms with Gasteiger partial charge in [-0.15, -0.1) is 0 Å². The second kappa shape index (κ2) is 4.11. The molecule has 0 radical (unpaired) electrons. The molecule has 2 rings (SSSR count). The molecule has 0 saturated carbocycles. The lowest BCUT2D eigenvalue weighted by atomic mass is 10.0. The van der Waals surface area contributed by atoms with E-state index in [4.69, 9.17) is 17.3 Å². The molecule has 1 aromatic carbocycles. The summed E-state index contributed by atoms with van der Waals surface area (Å²) >= 11 is 9.55. The van der Waals surface area contributed by atoms with Crippen molar-refractivity contribution in [2.75, 3.05) is 5.73 Å². The van der Waals surface area contributed by atoms with Crippen LogP contribution in [0.4, 0.5) is 5.82 Å². The van der Waals surface area contributed by atoms with Crippen LogP contribution in [0.25, 0.3) is 11.1 Å². The zero-order valence-corrected chi connectivity index (χ0v) is 11.3. The molecule has 16 heavy (non-hydrogen) atoms. The van der Waals surface area contributed by atoms with Crippen molar-refractivity contribution in [3.63, 3.8) is 0 Å². The number of hydrogen-bond donors (Lipinski definition) is 1. The Balaban J connectivity index is 2.69. The molecule has 0 atom stereocenters. The molecule has 0 aliphatic carbocycles. The third kappa shape index (κ3) is 1.83. The van der Waals surface area contributed by atoms with E-state index in [1.165, 1.54) is 0 Å². The van der Waals surface area contributed by atoms with Gasteiger partial charge in [-0.25, -0.2) is 0 Å². The van der Waals surface area contributed by atoms with Crippen molar-refractivity contribution < 1.29 is 0 Å². The minimum Gasteiger partial charge on any atom is -0.383 e. The largest absolute Gasteiger partial charge is 0.383 e.